The predicted molar refractivity (Wildman–Crippen MR) is 43.6 cm³/mol. The van der Waals surface area contributed by atoms with Crippen molar-refractivity contribution in [2.24, 2.45) is 0 Å². The Morgan fingerprint density at radius 3 is 2.36 bits per heavy atom. The lowest BCUT2D eigenvalue weighted by atomic mass is 10.1. The zero-order valence-corrected chi connectivity index (χ0v) is 6.81. The third-order valence-electron chi connectivity index (χ3n) is 2.45. The molecule has 0 radical (unpaired) electrons. The Hall–Kier alpha value is -0.120. The Morgan fingerprint density at radius 2 is 1.82 bits per heavy atom. The van der Waals surface area contributed by atoms with Crippen LogP contribution in [-0.4, -0.2) is 38.4 Å². The monoisotopic (exact) mass is 156 g/mol. The minimum absolute atomic E-state index is 0.651. The highest BCUT2D eigenvalue weighted by atomic mass is 16.5. The van der Waals surface area contributed by atoms with Crippen molar-refractivity contribution < 1.29 is 4.74 Å². The fourth-order valence-corrected chi connectivity index (χ4v) is 1.65. The molecule has 0 aromatic carbocycles. The number of rotatable bonds is 2. The summed E-state index contributed by atoms with van der Waals surface area (Å²) in [6.45, 7) is 4.18. The van der Waals surface area contributed by atoms with Crippen molar-refractivity contribution in [1.29, 1.82) is 0 Å². The fourth-order valence-electron chi connectivity index (χ4n) is 1.65. The minimum Gasteiger partial charge on any atom is -0.378 e. The normalized spacial score (nSPS) is 28.4. The van der Waals surface area contributed by atoms with Gasteiger partial charge in [0.1, 0.15) is 0 Å². The molecule has 0 spiro atoms. The van der Waals surface area contributed by atoms with Crippen LogP contribution in [0.1, 0.15) is 12.8 Å². The van der Waals surface area contributed by atoms with Crippen LogP contribution in [0.4, 0.5) is 0 Å². The Labute approximate surface area is 67.5 Å². The van der Waals surface area contributed by atoms with E-state index in [1.165, 1.54) is 25.9 Å². The fraction of sp³-hybridized carbons (Fsp3) is 1.00. The molecule has 0 atom stereocenters. The largest absolute Gasteiger partial charge is 0.378 e. The van der Waals surface area contributed by atoms with E-state index in [4.69, 9.17) is 4.74 Å². The summed E-state index contributed by atoms with van der Waals surface area (Å²) in [5.41, 5.74) is 0. The zero-order chi connectivity index (χ0) is 7.52. The quantitative estimate of drug-likeness (QED) is 0.577. The molecule has 2 N–H and O–H groups in total. The topological polar surface area (TPSA) is 33.3 Å². The second kappa shape index (κ2) is 3.52. The summed E-state index contributed by atoms with van der Waals surface area (Å²) in [6, 6.07) is 1.39. The molecule has 0 bridgehead atoms. The second-order valence-electron chi connectivity index (χ2n) is 3.43. The third-order valence-corrected chi connectivity index (χ3v) is 2.45. The maximum absolute atomic E-state index is 5.10. The van der Waals surface area contributed by atoms with E-state index in [1.54, 1.807) is 0 Å². The van der Waals surface area contributed by atoms with E-state index in [0.29, 0.717) is 6.04 Å². The van der Waals surface area contributed by atoms with Crippen molar-refractivity contribution in [1.82, 2.24) is 10.6 Å². The molecular weight excluding hydrogens is 140 g/mol. The molecule has 2 heterocycles. The second-order valence-corrected chi connectivity index (χ2v) is 3.43. The first kappa shape index (κ1) is 7.53. The average molecular weight is 156 g/mol. The highest BCUT2D eigenvalue weighted by Gasteiger charge is 2.22. The first-order valence-electron chi connectivity index (χ1n) is 4.49. The summed E-state index contributed by atoms with van der Waals surface area (Å²) in [6.07, 6.45) is 2.55. The average Bonchev–Trinajstić information content (AvgIpc) is 1.99. The molecule has 3 nitrogen and oxygen atoms in total. The molecular formula is C8H16N2O. The predicted octanol–water partition coefficient (Wildman–Crippen LogP) is -0.273. The lowest BCUT2D eigenvalue weighted by Crippen LogP contribution is -2.52. The van der Waals surface area contributed by atoms with Crippen molar-refractivity contribution in [2.45, 2.75) is 24.9 Å². The van der Waals surface area contributed by atoms with Crippen molar-refractivity contribution >= 4 is 0 Å². The van der Waals surface area contributed by atoms with Crippen LogP contribution in [-0.2, 0) is 4.74 Å². The highest BCUT2D eigenvalue weighted by Crippen LogP contribution is 2.07. The standard InChI is InChI=1S/C8H16N2O/c1-3-9-4-2-7(1)10-8-5-11-6-8/h7-10H,1-6H2. The van der Waals surface area contributed by atoms with Crippen molar-refractivity contribution in [3.63, 3.8) is 0 Å². The van der Waals surface area contributed by atoms with E-state index in [9.17, 15) is 0 Å². The molecule has 2 aliphatic heterocycles. The van der Waals surface area contributed by atoms with Gasteiger partial charge in [0.15, 0.2) is 0 Å². The molecule has 0 aromatic heterocycles. The van der Waals surface area contributed by atoms with E-state index < -0.39 is 0 Å². The van der Waals surface area contributed by atoms with Crippen molar-refractivity contribution in [2.75, 3.05) is 26.3 Å². The van der Waals surface area contributed by atoms with Crippen LogP contribution in [0, 0.1) is 0 Å². The van der Waals surface area contributed by atoms with Crippen LogP contribution in [0.5, 0.6) is 0 Å². The molecule has 2 aliphatic rings. The van der Waals surface area contributed by atoms with Crippen molar-refractivity contribution in [3.05, 3.63) is 0 Å². The molecule has 0 aromatic rings. The van der Waals surface area contributed by atoms with E-state index >= 15 is 0 Å². The van der Waals surface area contributed by atoms with E-state index in [-0.39, 0.29) is 0 Å². The summed E-state index contributed by atoms with van der Waals surface area (Å²) < 4.78 is 5.10. The van der Waals surface area contributed by atoms with Gasteiger partial charge in [-0.15, -0.1) is 0 Å². The van der Waals surface area contributed by atoms with Gasteiger partial charge in [0, 0.05) is 6.04 Å². The van der Waals surface area contributed by atoms with Crippen LogP contribution in [0.25, 0.3) is 0 Å². The maximum atomic E-state index is 5.10. The van der Waals surface area contributed by atoms with Gasteiger partial charge >= 0.3 is 0 Å². The summed E-state index contributed by atoms with van der Waals surface area (Å²) in [5, 5.41) is 6.94. The molecule has 2 rings (SSSR count). The summed E-state index contributed by atoms with van der Waals surface area (Å²) in [7, 11) is 0. The highest BCUT2D eigenvalue weighted by molar-refractivity contribution is 4.81. The first-order valence-corrected chi connectivity index (χ1v) is 4.49. The molecule has 11 heavy (non-hydrogen) atoms. The minimum atomic E-state index is 0.651. The molecule has 0 aliphatic carbocycles. The van der Waals surface area contributed by atoms with Crippen molar-refractivity contribution in [3.8, 4) is 0 Å². The number of ether oxygens (including phenoxy) is 1. The van der Waals surface area contributed by atoms with Crippen LogP contribution in [0.2, 0.25) is 0 Å². The number of hydrogen-bond acceptors (Lipinski definition) is 3. The number of hydrogen-bond donors (Lipinski definition) is 2. The molecule has 3 heteroatoms. The molecule has 0 unspecified atom stereocenters. The lowest BCUT2D eigenvalue weighted by molar-refractivity contribution is -0.0114. The Kier molecular flexibility index (Phi) is 2.41. The molecule has 0 amide bonds. The van der Waals surface area contributed by atoms with Crippen LogP contribution in [0.3, 0.4) is 0 Å². The number of piperidine rings is 1. The summed E-state index contributed by atoms with van der Waals surface area (Å²) >= 11 is 0. The van der Waals surface area contributed by atoms with Gasteiger partial charge in [-0.25, -0.2) is 0 Å². The lowest BCUT2D eigenvalue weighted by Gasteiger charge is -2.33. The summed E-state index contributed by atoms with van der Waals surface area (Å²) in [4.78, 5) is 0. The molecule has 2 fully saturated rings. The molecule has 64 valence electrons. The van der Waals surface area contributed by atoms with Gasteiger partial charge in [-0.05, 0) is 25.9 Å². The smallest absolute Gasteiger partial charge is 0.0643 e. The van der Waals surface area contributed by atoms with E-state index in [0.717, 1.165) is 19.3 Å². The number of nitrogens with one attached hydrogen (secondary N) is 2. The molecule has 0 saturated carbocycles. The SMILES string of the molecule is C1CC(NC2COC2)CCN1. The van der Waals surface area contributed by atoms with Crippen LogP contribution >= 0.6 is 0 Å². The van der Waals surface area contributed by atoms with Gasteiger partial charge in [-0.1, -0.05) is 0 Å². The van der Waals surface area contributed by atoms with Gasteiger partial charge < -0.3 is 15.4 Å². The van der Waals surface area contributed by atoms with Gasteiger partial charge in [0.05, 0.1) is 19.3 Å². The van der Waals surface area contributed by atoms with Crippen LogP contribution < -0.4 is 10.6 Å². The third kappa shape index (κ3) is 1.92. The molecule has 2 saturated heterocycles. The zero-order valence-electron chi connectivity index (χ0n) is 6.81. The van der Waals surface area contributed by atoms with Gasteiger partial charge in [-0.3, -0.25) is 0 Å². The van der Waals surface area contributed by atoms with E-state index in [2.05, 4.69) is 10.6 Å². The Balaban J connectivity index is 1.67. The van der Waals surface area contributed by atoms with Crippen LogP contribution in [0.15, 0.2) is 0 Å². The van der Waals surface area contributed by atoms with Gasteiger partial charge in [-0.2, -0.15) is 0 Å². The Morgan fingerprint density at radius 1 is 1.09 bits per heavy atom. The van der Waals surface area contributed by atoms with Gasteiger partial charge in [0.25, 0.3) is 0 Å². The first-order chi connectivity index (χ1) is 5.45. The summed E-state index contributed by atoms with van der Waals surface area (Å²) in [5.74, 6) is 0. The maximum Gasteiger partial charge on any atom is 0.0643 e. The van der Waals surface area contributed by atoms with E-state index in [1.807, 2.05) is 0 Å². The Bertz CT molecular complexity index is 119. The van der Waals surface area contributed by atoms with Gasteiger partial charge in [0.2, 0.25) is 0 Å².